The molecule has 4 heteroatoms. The lowest BCUT2D eigenvalue weighted by atomic mass is 9.95. The van der Waals surface area contributed by atoms with E-state index in [9.17, 15) is 9.50 Å². The SMILES string of the molecule is CC(O)(CN)c1c[nH]c2cccc(F)c12. The minimum Gasteiger partial charge on any atom is -0.384 e. The summed E-state index contributed by atoms with van der Waals surface area (Å²) in [5.41, 5.74) is 5.41. The monoisotopic (exact) mass is 208 g/mol. The second kappa shape index (κ2) is 3.32. The van der Waals surface area contributed by atoms with E-state index in [0.717, 1.165) is 0 Å². The molecule has 0 aliphatic rings. The summed E-state index contributed by atoms with van der Waals surface area (Å²) >= 11 is 0. The number of hydrogen-bond acceptors (Lipinski definition) is 2. The largest absolute Gasteiger partial charge is 0.384 e. The van der Waals surface area contributed by atoms with Gasteiger partial charge in [-0.2, -0.15) is 0 Å². The molecule has 0 fully saturated rings. The molecule has 1 unspecified atom stereocenters. The van der Waals surface area contributed by atoms with Gasteiger partial charge in [-0.15, -0.1) is 0 Å². The van der Waals surface area contributed by atoms with Gasteiger partial charge < -0.3 is 15.8 Å². The van der Waals surface area contributed by atoms with Gasteiger partial charge in [-0.3, -0.25) is 0 Å². The maximum Gasteiger partial charge on any atom is 0.132 e. The molecule has 2 aromatic rings. The third kappa shape index (κ3) is 1.52. The topological polar surface area (TPSA) is 62.0 Å². The molecule has 1 aromatic carbocycles. The zero-order valence-corrected chi connectivity index (χ0v) is 8.42. The highest BCUT2D eigenvalue weighted by Crippen LogP contribution is 2.29. The molecule has 0 saturated carbocycles. The van der Waals surface area contributed by atoms with Gasteiger partial charge in [0.1, 0.15) is 11.4 Å². The summed E-state index contributed by atoms with van der Waals surface area (Å²) in [6, 6.07) is 4.75. The number of hydrogen-bond donors (Lipinski definition) is 3. The highest BCUT2D eigenvalue weighted by Gasteiger charge is 2.25. The van der Waals surface area contributed by atoms with Crippen LogP contribution in [0.3, 0.4) is 0 Å². The van der Waals surface area contributed by atoms with Gasteiger partial charge in [0.2, 0.25) is 0 Å². The average molecular weight is 208 g/mol. The molecule has 0 spiro atoms. The van der Waals surface area contributed by atoms with E-state index >= 15 is 0 Å². The molecule has 1 atom stereocenters. The van der Waals surface area contributed by atoms with Crippen molar-refractivity contribution in [2.24, 2.45) is 5.73 Å². The van der Waals surface area contributed by atoms with Gasteiger partial charge in [0.25, 0.3) is 0 Å². The van der Waals surface area contributed by atoms with Crippen LogP contribution in [-0.2, 0) is 5.60 Å². The van der Waals surface area contributed by atoms with Gasteiger partial charge in [0, 0.05) is 29.2 Å². The first-order valence-electron chi connectivity index (χ1n) is 4.75. The smallest absolute Gasteiger partial charge is 0.132 e. The molecule has 0 radical (unpaired) electrons. The Hall–Kier alpha value is -1.39. The molecule has 4 N–H and O–H groups in total. The van der Waals surface area contributed by atoms with Crippen LogP contribution in [0, 0.1) is 5.82 Å². The van der Waals surface area contributed by atoms with Gasteiger partial charge in [-0.1, -0.05) is 6.07 Å². The van der Waals surface area contributed by atoms with E-state index < -0.39 is 5.60 Å². The number of aromatic nitrogens is 1. The van der Waals surface area contributed by atoms with Crippen LogP contribution in [0.15, 0.2) is 24.4 Å². The summed E-state index contributed by atoms with van der Waals surface area (Å²) in [6.45, 7) is 1.62. The van der Waals surface area contributed by atoms with Crippen LogP contribution in [0.4, 0.5) is 4.39 Å². The number of rotatable bonds is 2. The predicted molar refractivity (Wildman–Crippen MR) is 56.9 cm³/mol. The maximum atomic E-state index is 13.6. The number of nitrogens with two attached hydrogens (primary N) is 1. The third-order valence-electron chi connectivity index (χ3n) is 2.63. The van der Waals surface area contributed by atoms with E-state index in [1.165, 1.54) is 6.07 Å². The molecule has 0 bridgehead atoms. The molecule has 2 rings (SSSR count). The summed E-state index contributed by atoms with van der Waals surface area (Å²) < 4.78 is 13.6. The zero-order valence-electron chi connectivity index (χ0n) is 8.42. The summed E-state index contributed by atoms with van der Waals surface area (Å²) in [4.78, 5) is 2.91. The number of aliphatic hydroxyl groups is 1. The molecule has 3 nitrogen and oxygen atoms in total. The highest BCUT2D eigenvalue weighted by atomic mass is 19.1. The van der Waals surface area contributed by atoms with Gasteiger partial charge in [-0.25, -0.2) is 4.39 Å². The molecule has 1 aromatic heterocycles. The Balaban J connectivity index is 2.73. The lowest BCUT2D eigenvalue weighted by Crippen LogP contribution is -2.31. The van der Waals surface area contributed by atoms with E-state index in [1.54, 1.807) is 25.3 Å². The van der Waals surface area contributed by atoms with Crippen molar-refractivity contribution < 1.29 is 9.50 Å². The van der Waals surface area contributed by atoms with Crippen LogP contribution in [0.25, 0.3) is 10.9 Å². The molecule has 15 heavy (non-hydrogen) atoms. The van der Waals surface area contributed by atoms with Crippen LogP contribution in [-0.4, -0.2) is 16.6 Å². The van der Waals surface area contributed by atoms with Crippen LogP contribution in [0.1, 0.15) is 12.5 Å². The van der Waals surface area contributed by atoms with Gasteiger partial charge in [-0.05, 0) is 19.1 Å². The fourth-order valence-electron chi connectivity index (χ4n) is 1.67. The highest BCUT2D eigenvalue weighted by molar-refractivity contribution is 5.84. The van der Waals surface area contributed by atoms with Crippen molar-refractivity contribution in [3.8, 4) is 0 Å². The number of nitrogens with one attached hydrogen (secondary N) is 1. The summed E-state index contributed by atoms with van der Waals surface area (Å²) in [5.74, 6) is -0.350. The number of benzene rings is 1. The van der Waals surface area contributed by atoms with Gasteiger partial charge >= 0.3 is 0 Å². The Morgan fingerprint density at radius 3 is 2.93 bits per heavy atom. The maximum absolute atomic E-state index is 13.6. The lowest BCUT2D eigenvalue weighted by molar-refractivity contribution is 0.0682. The molecule has 80 valence electrons. The molecule has 0 saturated heterocycles. The summed E-state index contributed by atoms with van der Waals surface area (Å²) in [7, 11) is 0. The van der Waals surface area contributed by atoms with Crippen LogP contribution >= 0.6 is 0 Å². The standard InChI is InChI=1S/C11H13FN2O/c1-11(15,6-13)7-5-14-9-4-2-3-8(12)10(7)9/h2-5,14-15H,6,13H2,1H3. The Morgan fingerprint density at radius 2 is 2.27 bits per heavy atom. The number of halogens is 1. The van der Waals surface area contributed by atoms with Crippen molar-refractivity contribution in [2.75, 3.05) is 6.54 Å². The van der Waals surface area contributed by atoms with Crippen LogP contribution < -0.4 is 5.73 Å². The van der Waals surface area contributed by atoms with E-state index in [4.69, 9.17) is 5.73 Å². The molecule has 0 amide bonds. The fraction of sp³-hybridized carbons (Fsp3) is 0.273. The Bertz CT molecular complexity index is 490. The van der Waals surface area contributed by atoms with Crippen molar-refractivity contribution in [3.05, 3.63) is 35.8 Å². The van der Waals surface area contributed by atoms with Gasteiger partial charge in [0.05, 0.1) is 0 Å². The Kier molecular flexibility index (Phi) is 2.25. The molecule has 0 aliphatic carbocycles. The molecule has 0 aliphatic heterocycles. The third-order valence-corrected chi connectivity index (χ3v) is 2.63. The lowest BCUT2D eigenvalue weighted by Gasteiger charge is -2.20. The fourth-order valence-corrected chi connectivity index (χ4v) is 1.67. The van der Waals surface area contributed by atoms with Crippen molar-refractivity contribution >= 4 is 10.9 Å². The van der Waals surface area contributed by atoms with Crippen molar-refractivity contribution in [1.29, 1.82) is 0 Å². The number of aromatic amines is 1. The molecular weight excluding hydrogens is 195 g/mol. The van der Waals surface area contributed by atoms with Crippen molar-refractivity contribution in [1.82, 2.24) is 4.98 Å². The van der Waals surface area contributed by atoms with Crippen LogP contribution in [0.5, 0.6) is 0 Å². The second-order valence-corrected chi connectivity index (χ2v) is 3.84. The van der Waals surface area contributed by atoms with E-state index in [1.807, 2.05) is 0 Å². The normalized spacial score (nSPS) is 15.5. The summed E-state index contributed by atoms with van der Waals surface area (Å²) in [6.07, 6.45) is 1.60. The molecule has 1 heterocycles. The Morgan fingerprint density at radius 1 is 1.53 bits per heavy atom. The minimum atomic E-state index is -1.21. The zero-order chi connectivity index (χ0) is 11.1. The quantitative estimate of drug-likeness (QED) is 0.700. The van der Waals surface area contributed by atoms with Gasteiger partial charge in [0.15, 0.2) is 0 Å². The van der Waals surface area contributed by atoms with E-state index in [0.29, 0.717) is 16.5 Å². The average Bonchev–Trinajstić information content (AvgIpc) is 2.63. The first-order chi connectivity index (χ1) is 7.06. The number of H-pyrrole nitrogens is 1. The minimum absolute atomic E-state index is 0.0499. The first-order valence-corrected chi connectivity index (χ1v) is 4.75. The molecular formula is C11H13FN2O. The second-order valence-electron chi connectivity index (χ2n) is 3.84. The van der Waals surface area contributed by atoms with E-state index in [-0.39, 0.29) is 12.4 Å². The van der Waals surface area contributed by atoms with Crippen molar-refractivity contribution in [3.63, 3.8) is 0 Å². The number of fused-ring (bicyclic) bond motifs is 1. The summed E-state index contributed by atoms with van der Waals surface area (Å²) in [5, 5.41) is 10.4. The first kappa shape index (κ1) is 10.1. The Labute approximate surface area is 86.7 Å². The van der Waals surface area contributed by atoms with Crippen LogP contribution in [0.2, 0.25) is 0 Å². The predicted octanol–water partition coefficient (Wildman–Crippen LogP) is 1.47. The van der Waals surface area contributed by atoms with E-state index in [2.05, 4.69) is 4.98 Å². The van der Waals surface area contributed by atoms with Crippen molar-refractivity contribution in [2.45, 2.75) is 12.5 Å².